The number of rotatable bonds is 5. The molecule has 1 fully saturated rings. The molecule has 1 aliphatic heterocycles. The van der Waals surface area contributed by atoms with E-state index in [1.807, 2.05) is 0 Å². The van der Waals surface area contributed by atoms with E-state index in [1.165, 1.54) is 17.0 Å². The Morgan fingerprint density at radius 3 is 2.75 bits per heavy atom. The summed E-state index contributed by atoms with van der Waals surface area (Å²) in [7, 11) is 0. The third kappa shape index (κ3) is 3.48. The fourth-order valence-corrected chi connectivity index (χ4v) is 2.31. The fourth-order valence-electron chi connectivity index (χ4n) is 2.18. The molecule has 1 saturated heterocycles. The first-order valence-electron chi connectivity index (χ1n) is 6.51. The van der Waals surface area contributed by atoms with Gasteiger partial charge < -0.3 is 10.2 Å². The number of benzene rings is 1. The van der Waals surface area contributed by atoms with Gasteiger partial charge in [0.15, 0.2) is 0 Å². The zero-order valence-corrected chi connectivity index (χ0v) is 11.7. The normalized spacial score (nSPS) is 18.4. The summed E-state index contributed by atoms with van der Waals surface area (Å²) in [6.45, 7) is 0.848. The summed E-state index contributed by atoms with van der Waals surface area (Å²) < 4.78 is 12.9. The second-order valence-electron chi connectivity index (χ2n) is 4.72. The summed E-state index contributed by atoms with van der Waals surface area (Å²) in [6, 6.07) is 5.69. The van der Waals surface area contributed by atoms with Crippen molar-refractivity contribution in [2.75, 3.05) is 23.9 Å². The lowest BCUT2D eigenvalue weighted by atomic mass is 10.1. The molecular formula is C14H16ClFN2O2. The number of nitrogens with zero attached hydrogens (tertiary/aromatic N) is 1. The van der Waals surface area contributed by atoms with E-state index in [4.69, 9.17) is 11.6 Å². The van der Waals surface area contributed by atoms with Crippen LogP contribution in [0.25, 0.3) is 0 Å². The summed E-state index contributed by atoms with van der Waals surface area (Å²) in [5, 5.41) is 2.76. The largest absolute Gasteiger partial charge is 0.356 e. The van der Waals surface area contributed by atoms with E-state index in [0.29, 0.717) is 31.1 Å². The van der Waals surface area contributed by atoms with Crippen molar-refractivity contribution in [3.05, 3.63) is 30.1 Å². The Morgan fingerprint density at radius 1 is 1.40 bits per heavy atom. The quantitative estimate of drug-likeness (QED) is 0.667. The maximum Gasteiger partial charge on any atom is 0.227 e. The Balaban J connectivity index is 1.96. The van der Waals surface area contributed by atoms with Crippen LogP contribution >= 0.6 is 11.6 Å². The van der Waals surface area contributed by atoms with Gasteiger partial charge in [0, 0.05) is 31.1 Å². The second-order valence-corrected chi connectivity index (χ2v) is 5.09. The zero-order valence-electron chi connectivity index (χ0n) is 10.9. The molecule has 1 atom stereocenters. The molecule has 4 nitrogen and oxygen atoms in total. The first kappa shape index (κ1) is 14.8. The summed E-state index contributed by atoms with van der Waals surface area (Å²) >= 11 is 5.54. The molecular weight excluding hydrogens is 283 g/mol. The van der Waals surface area contributed by atoms with Gasteiger partial charge in [-0.3, -0.25) is 9.59 Å². The lowest BCUT2D eigenvalue weighted by Crippen LogP contribution is -2.33. The Hall–Kier alpha value is -1.62. The van der Waals surface area contributed by atoms with Crippen LogP contribution in [0.5, 0.6) is 0 Å². The van der Waals surface area contributed by atoms with Crippen LogP contribution in [0.1, 0.15) is 12.8 Å². The van der Waals surface area contributed by atoms with Crippen LogP contribution in [0, 0.1) is 11.7 Å². The number of hydrogen-bond donors (Lipinski definition) is 1. The molecule has 1 heterocycles. The van der Waals surface area contributed by atoms with Gasteiger partial charge in [-0.05, 0) is 30.7 Å². The number of carbonyl (C=O) groups excluding carboxylic acids is 2. The lowest BCUT2D eigenvalue weighted by Gasteiger charge is -2.16. The van der Waals surface area contributed by atoms with Crippen molar-refractivity contribution in [1.82, 2.24) is 5.32 Å². The van der Waals surface area contributed by atoms with E-state index in [1.54, 1.807) is 12.1 Å². The molecule has 1 aromatic rings. The molecule has 0 aliphatic carbocycles. The zero-order chi connectivity index (χ0) is 14.5. The van der Waals surface area contributed by atoms with E-state index < -0.39 is 0 Å². The molecule has 0 aromatic heterocycles. The third-order valence-electron chi connectivity index (χ3n) is 3.24. The van der Waals surface area contributed by atoms with Gasteiger partial charge in [0.25, 0.3) is 0 Å². The van der Waals surface area contributed by atoms with Crippen LogP contribution in [0.4, 0.5) is 10.1 Å². The van der Waals surface area contributed by atoms with Gasteiger partial charge in [0.1, 0.15) is 5.82 Å². The molecule has 20 heavy (non-hydrogen) atoms. The van der Waals surface area contributed by atoms with Crippen molar-refractivity contribution in [3.63, 3.8) is 0 Å². The highest BCUT2D eigenvalue weighted by Gasteiger charge is 2.34. The second kappa shape index (κ2) is 6.70. The van der Waals surface area contributed by atoms with Gasteiger partial charge in [0.2, 0.25) is 11.8 Å². The predicted octanol–water partition coefficient (Wildman–Crippen LogP) is 1.92. The predicted molar refractivity (Wildman–Crippen MR) is 75.2 cm³/mol. The molecule has 0 saturated carbocycles. The first-order chi connectivity index (χ1) is 9.61. The van der Waals surface area contributed by atoms with Crippen molar-refractivity contribution in [1.29, 1.82) is 0 Å². The number of anilines is 1. The Kier molecular flexibility index (Phi) is 4.95. The average molecular weight is 299 g/mol. The van der Waals surface area contributed by atoms with E-state index in [9.17, 15) is 14.0 Å². The number of alkyl halides is 1. The maximum absolute atomic E-state index is 12.9. The molecule has 1 aliphatic rings. The number of carbonyl (C=O) groups is 2. The Labute approximate surface area is 121 Å². The standard InChI is InChI=1S/C14H16ClFN2O2/c15-6-1-7-17-14(20)10-8-13(19)18(9-10)12-4-2-11(16)3-5-12/h2-5,10H,1,6-9H2,(H,17,20). The highest BCUT2D eigenvalue weighted by molar-refractivity contribution is 6.17. The van der Waals surface area contributed by atoms with Gasteiger partial charge in [-0.1, -0.05) is 0 Å². The molecule has 0 bridgehead atoms. The number of hydrogen-bond acceptors (Lipinski definition) is 2. The molecule has 1 N–H and O–H groups in total. The Morgan fingerprint density at radius 2 is 2.10 bits per heavy atom. The molecule has 0 radical (unpaired) electrons. The van der Waals surface area contributed by atoms with Gasteiger partial charge in [-0.15, -0.1) is 11.6 Å². The number of nitrogens with one attached hydrogen (secondary N) is 1. The van der Waals surface area contributed by atoms with E-state index >= 15 is 0 Å². The average Bonchev–Trinajstić information content (AvgIpc) is 2.82. The van der Waals surface area contributed by atoms with E-state index in [0.717, 1.165) is 0 Å². The van der Waals surface area contributed by atoms with E-state index in [2.05, 4.69) is 5.32 Å². The topological polar surface area (TPSA) is 49.4 Å². The van der Waals surface area contributed by atoms with E-state index in [-0.39, 0.29) is 30.0 Å². The minimum Gasteiger partial charge on any atom is -0.356 e. The van der Waals surface area contributed by atoms with Crippen LogP contribution in [0.3, 0.4) is 0 Å². The molecule has 108 valence electrons. The van der Waals surface area contributed by atoms with Crippen molar-refractivity contribution < 1.29 is 14.0 Å². The number of halogens is 2. The van der Waals surface area contributed by atoms with Crippen LogP contribution in [-0.2, 0) is 9.59 Å². The SMILES string of the molecule is O=C(NCCCCl)C1CC(=O)N(c2ccc(F)cc2)C1. The lowest BCUT2D eigenvalue weighted by molar-refractivity contribution is -0.126. The van der Waals surface area contributed by atoms with Gasteiger partial charge in [0.05, 0.1) is 5.92 Å². The summed E-state index contributed by atoms with van der Waals surface area (Å²) in [5.41, 5.74) is 0.618. The van der Waals surface area contributed by atoms with Crippen molar-refractivity contribution >= 4 is 29.1 Å². The smallest absolute Gasteiger partial charge is 0.227 e. The molecule has 2 amide bonds. The van der Waals surface area contributed by atoms with Crippen molar-refractivity contribution in [2.45, 2.75) is 12.8 Å². The molecule has 1 unspecified atom stereocenters. The third-order valence-corrected chi connectivity index (χ3v) is 3.51. The molecule has 1 aromatic carbocycles. The monoisotopic (exact) mass is 298 g/mol. The van der Waals surface area contributed by atoms with Crippen LogP contribution in [0.2, 0.25) is 0 Å². The van der Waals surface area contributed by atoms with Gasteiger partial charge >= 0.3 is 0 Å². The van der Waals surface area contributed by atoms with Crippen molar-refractivity contribution in [2.24, 2.45) is 5.92 Å². The minimum absolute atomic E-state index is 0.117. The van der Waals surface area contributed by atoms with Crippen LogP contribution < -0.4 is 10.2 Å². The summed E-state index contributed by atoms with van der Waals surface area (Å²) in [6.07, 6.45) is 0.889. The fraction of sp³-hybridized carbons (Fsp3) is 0.429. The molecule has 6 heteroatoms. The highest BCUT2D eigenvalue weighted by atomic mass is 35.5. The highest BCUT2D eigenvalue weighted by Crippen LogP contribution is 2.25. The van der Waals surface area contributed by atoms with Crippen molar-refractivity contribution in [3.8, 4) is 0 Å². The summed E-state index contributed by atoms with van der Waals surface area (Å²) in [4.78, 5) is 25.4. The molecule has 0 spiro atoms. The van der Waals surface area contributed by atoms with Gasteiger partial charge in [-0.25, -0.2) is 4.39 Å². The minimum atomic E-state index is -0.358. The van der Waals surface area contributed by atoms with Gasteiger partial charge in [-0.2, -0.15) is 0 Å². The molecule has 2 rings (SSSR count). The summed E-state index contributed by atoms with van der Waals surface area (Å²) in [5.74, 6) is -0.466. The maximum atomic E-state index is 12.9. The van der Waals surface area contributed by atoms with Crippen LogP contribution in [-0.4, -0.2) is 30.8 Å². The Bertz CT molecular complexity index is 492. The van der Waals surface area contributed by atoms with Crippen LogP contribution in [0.15, 0.2) is 24.3 Å². The number of amides is 2. The first-order valence-corrected chi connectivity index (χ1v) is 7.05.